The van der Waals surface area contributed by atoms with Crippen LogP contribution in [0.15, 0.2) is 24.3 Å². The number of thioether (sulfide) groups is 1. The van der Waals surface area contributed by atoms with Crippen molar-refractivity contribution >= 4 is 17.7 Å². The van der Waals surface area contributed by atoms with Crippen LogP contribution in [-0.4, -0.2) is 28.1 Å². The van der Waals surface area contributed by atoms with Crippen molar-refractivity contribution in [1.82, 2.24) is 5.32 Å². The summed E-state index contributed by atoms with van der Waals surface area (Å²) in [4.78, 5) is 11.7. The molecule has 1 aromatic carbocycles. The highest BCUT2D eigenvalue weighted by Gasteiger charge is 2.12. The monoisotopic (exact) mass is 313 g/mol. The van der Waals surface area contributed by atoms with Crippen molar-refractivity contribution in [2.45, 2.75) is 44.5 Å². The Morgan fingerprint density at radius 2 is 1.95 bits per heavy atom. The van der Waals surface area contributed by atoms with E-state index in [1.165, 1.54) is 24.3 Å². The van der Waals surface area contributed by atoms with Gasteiger partial charge in [0.2, 0.25) is 5.91 Å². The van der Waals surface area contributed by atoms with Gasteiger partial charge in [-0.1, -0.05) is 32.9 Å². The quantitative estimate of drug-likeness (QED) is 0.760. The molecule has 0 aliphatic rings. The third-order valence-corrected chi connectivity index (χ3v) is 4.19. The molecule has 1 unspecified atom stereocenters. The second-order valence-electron chi connectivity index (χ2n) is 5.94. The molecule has 3 nitrogen and oxygen atoms in total. The molecule has 0 aliphatic heterocycles. The van der Waals surface area contributed by atoms with E-state index in [0.29, 0.717) is 12.0 Å². The Morgan fingerprint density at radius 3 is 2.52 bits per heavy atom. The molecule has 1 rings (SSSR count). The van der Waals surface area contributed by atoms with E-state index in [9.17, 15) is 14.3 Å². The predicted octanol–water partition coefficient (Wildman–Crippen LogP) is 3.29. The lowest BCUT2D eigenvalue weighted by atomic mass is 10.1. The van der Waals surface area contributed by atoms with Crippen LogP contribution in [0.3, 0.4) is 0 Å². The van der Waals surface area contributed by atoms with Crippen LogP contribution in [0.2, 0.25) is 0 Å². The molecule has 0 radical (unpaired) electrons. The first-order valence-corrected chi connectivity index (χ1v) is 8.11. The molecule has 21 heavy (non-hydrogen) atoms. The number of amides is 1. The average molecular weight is 313 g/mol. The fraction of sp³-hybridized carbons (Fsp3) is 0.562. The van der Waals surface area contributed by atoms with E-state index < -0.39 is 6.10 Å². The third kappa shape index (κ3) is 8.07. The number of nitrogens with one attached hydrogen (secondary N) is 1. The summed E-state index contributed by atoms with van der Waals surface area (Å²) in [6.45, 7) is 6.60. The average Bonchev–Trinajstić information content (AvgIpc) is 2.41. The molecule has 118 valence electrons. The van der Waals surface area contributed by atoms with Gasteiger partial charge >= 0.3 is 0 Å². The lowest BCUT2D eigenvalue weighted by molar-refractivity contribution is -0.121. The number of halogens is 1. The molecule has 1 amide bonds. The van der Waals surface area contributed by atoms with Gasteiger partial charge in [0.15, 0.2) is 0 Å². The molecule has 0 aromatic heterocycles. The molecular formula is C16H24FNO2S. The van der Waals surface area contributed by atoms with Gasteiger partial charge in [-0.2, -0.15) is 11.8 Å². The first kappa shape index (κ1) is 18.0. The Bertz CT molecular complexity index is 443. The zero-order valence-corrected chi connectivity index (χ0v) is 13.7. The van der Waals surface area contributed by atoms with Crippen molar-refractivity contribution in [2.75, 3.05) is 12.3 Å². The summed E-state index contributed by atoms with van der Waals surface area (Å²) in [5.41, 5.74) is 0.597. The van der Waals surface area contributed by atoms with Crippen LogP contribution in [0.5, 0.6) is 0 Å². The van der Waals surface area contributed by atoms with Crippen LogP contribution >= 0.6 is 11.8 Å². The topological polar surface area (TPSA) is 49.3 Å². The Morgan fingerprint density at radius 1 is 1.33 bits per heavy atom. The SMILES string of the molecule is CC(C)(C)SCCCC(=O)NCC(O)c1ccc(F)cc1. The number of aliphatic hydroxyl groups is 1. The van der Waals surface area contributed by atoms with Gasteiger partial charge in [0, 0.05) is 17.7 Å². The standard InChI is InChI=1S/C16H24FNO2S/c1-16(2,3)21-10-4-5-15(20)18-11-14(19)12-6-8-13(17)9-7-12/h6-9,14,19H,4-5,10-11H2,1-3H3,(H,18,20). The highest BCUT2D eigenvalue weighted by atomic mass is 32.2. The van der Waals surface area contributed by atoms with Gasteiger partial charge in [-0.25, -0.2) is 4.39 Å². The van der Waals surface area contributed by atoms with Crippen LogP contribution in [0.25, 0.3) is 0 Å². The van der Waals surface area contributed by atoms with Crippen LogP contribution in [0, 0.1) is 5.82 Å². The minimum Gasteiger partial charge on any atom is -0.387 e. The maximum atomic E-state index is 12.8. The number of carbonyl (C=O) groups is 1. The van der Waals surface area contributed by atoms with Crippen molar-refractivity contribution in [3.05, 3.63) is 35.6 Å². The number of hydrogen-bond donors (Lipinski definition) is 2. The minimum atomic E-state index is -0.807. The Hall–Kier alpha value is -1.07. The molecular weight excluding hydrogens is 289 g/mol. The van der Waals surface area contributed by atoms with E-state index in [4.69, 9.17) is 0 Å². The van der Waals surface area contributed by atoms with Gasteiger partial charge in [-0.05, 0) is 29.9 Å². The summed E-state index contributed by atoms with van der Waals surface area (Å²) < 4.78 is 13.0. The highest BCUT2D eigenvalue weighted by Crippen LogP contribution is 2.23. The minimum absolute atomic E-state index is 0.0642. The van der Waals surface area contributed by atoms with Crippen molar-refractivity contribution in [1.29, 1.82) is 0 Å². The number of hydrogen-bond acceptors (Lipinski definition) is 3. The summed E-state index contributed by atoms with van der Waals surface area (Å²) >= 11 is 1.83. The van der Waals surface area contributed by atoms with E-state index in [-0.39, 0.29) is 23.0 Å². The predicted molar refractivity (Wildman–Crippen MR) is 85.8 cm³/mol. The number of aliphatic hydroxyl groups excluding tert-OH is 1. The highest BCUT2D eigenvalue weighted by molar-refractivity contribution is 8.00. The lowest BCUT2D eigenvalue weighted by Gasteiger charge is -2.17. The van der Waals surface area contributed by atoms with E-state index in [2.05, 4.69) is 26.1 Å². The Labute approximate surface area is 130 Å². The fourth-order valence-corrected chi connectivity index (χ4v) is 2.61. The van der Waals surface area contributed by atoms with Crippen LogP contribution in [-0.2, 0) is 4.79 Å². The molecule has 1 aromatic rings. The van der Waals surface area contributed by atoms with Gasteiger partial charge in [0.25, 0.3) is 0 Å². The van der Waals surface area contributed by atoms with Crippen molar-refractivity contribution in [2.24, 2.45) is 0 Å². The van der Waals surface area contributed by atoms with Crippen molar-refractivity contribution in [3.8, 4) is 0 Å². The maximum absolute atomic E-state index is 12.8. The van der Waals surface area contributed by atoms with Crippen LogP contribution in [0.1, 0.15) is 45.3 Å². The molecule has 5 heteroatoms. The lowest BCUT2D eigenvalue weighted by Crippen LogP contribution is -2.28. The first-order valence-electron chi connectivity index (χ1n) is 7.12. The molecule has 0 heterocycles. The fourth-order valence-electron chi connectivity index (χ4n) is 1.71. The van der Waals surface area contributed by atoms with Crippen LogP contribution in [0.4, 0.5) is 4.39 Å². The van der Waals surface area contributed by atoms with Gasteiger partial charge in [0.1, 0.15) is 5.82 Å². The molecule has 0 saturated carbocycles. The number of benzene rings is 1. The van der Waals surface area contributed by atoms with E-state index in [1.54, 1.807) is 0 Å². The van der Waals surface area contributed by atoms with E-state index in [0.717, 1.165) is 12.2 Å². The molecule has 0 bridgehead atoms. The second-order valence-corrected chi connectivity index (χ2v) is 7.86. The van der Waals surface area contributed by atoms with Gasteiger partial charge in [-0.3, -0.25) is 4.79 Å². The summed E-state index contributed by atoms with van der Waals surface area (Å²) in [6, 6.07) is 5.63. The summed E-state index contributed by atoms with van der Waals surface area (Å²) in [7, 11) is 0. The van der Waals surface area contributed by atoms with Gasteiger partial charge in [0.05, 0.1) is 6.10 Å². The Kier molecular flexibility index (Phi) is 7.18. The second kappa shape index (κ2) is 8.39. The number of carbonyl (C=O) groups excluding carboxylic acids is 1. The molecule has 0 aliphatic carbocycles. The smallest absolute Gasteiger partial charge is 0.220 e. The zero-order valence-electron chi connectivity index (χ0n) is 12.9. The summed E-state index contributed by atoms with van der Waals surface area (Å²) in [5, 5.41) is 12.6. The molecule has 2 N–H and O–H groups in total. The van der Waals surface area contributed by atoms with E-state index >= 15 is 0 Å². The maximum Gasteiger partial charge on any atom is 0.220 e. The molecule has 0 saturated heterocycles. The van der Waals surface area contributed by atoms with E-state index in [1.807, 2.05) is 11.8 Å². The van der Waals surface area contributed by atoms with Crippen molar-refractivity contribution in [3.63, 3.8) is 0 Å². The third-order valence-electron chi connectivity index (χ3n) is 2.83. The molecule has 0 fully saturated rings. The summed E-state index contributed by atoms with van der Waals surface area (Å²) in [6.07, 6.45) is 0.470. The largest absolute Gasteiger partial charge is 0.387 e. The summed E-state index contributed by atoms with van der Waals surface area (Å²) in [5.74, 6) is 0.536. The Balaban J connectivity index is 2.22. The van der Waals surface area contributed by atoms with Gasteiger partial charge < -0.3 is 10.4 Å². The normalized spacial score (nSPS) is 13.0. The zero-order chi connectivity index (χ0) is 15.9. The first-order chi connectivity index (χ1) is 9.78. The molecule has 0 spiro atoms. The van der Waals surface area contributed by atoms with Crippen LogP contribution < -0.4 is 5.32 Å². The van der Waals surface area contributed by atoms with Crippen molar-refractivity contribution < 1.29 is 14.3 Å². The molecule has 1 atom stereocenters. The number of rotatable bonds is 7. The van der Waals surface area contributed by atoms with Gasteiger partial charge in [-0.15, -0.1) is 0 Å².